The topological polar surface area (TPSA) is 57.2 Å². The van der Waals surface area contributed by atoms with Crippen LogP contribution in [0.5, 0.6) is 0 Å². The van der Waals surface area contributed by atoms with Crippen LogP contribution in [0.1, 0.15) is 56.3 Å². The molecule has 1 aliphatic heterocycles. The minimum Gasteiger partial charge on any atom is -0.376 e. The zero-order valence-electron chi connectivity index (χ0n) is 13.8. The zero-order valence-corrected chi connectivity index (χ0v) is 13.8. The van der Waals surface area contributed by atoms with Crippen LogP contribution in [0, 0.1) is 12.8 Å². The predicted octanol–water partition coefficient (Wildman–Crippen LogP) is 2.57. The lowest BCUT2D eigenvalue weighted by Crippen LogP contribution is -2.46. The van der Waals surface area contributed by atoms with Gasteiger partial charge in [-0.15, -0.1) is 0 Å². The van der Waals surface area contributed by atoms with Gasteiger partial charge in [0, 0.05) is 17.3 Å². The maximum Gasteiger partial charge on any atom is 0.254 e. The van der Waals surface area contributed by atoms with Crippen molar-refractivity contribution in [3.8, 4) is 0 Å². The quantitative estimate of drug-likeness (QED) is 0.933. The molecule has 1 aromatic rings. The van der Waals surface area contributed by atoms with Gasteiger partial charge in [0.2, 0.25) is 0 Å². The Bertz CT molecular complexity index is 573. The maximum absolute atomic E-state index is 12.5. The first-order valence-corrected chi connectivity index (χ1v) is 8.64. The van der Waals surface area contributed by atoms with Gasteiger partial charge < -0.3 is 15.0 Å². The van der Waals surface area contributed by atoms with E-state index in [-0.39, 0.29) is 17.6 Å². The SMILES string of the molecule is Cc1ccc2n(c1=O)[C@@H](COC1CCC(C)CC1)[C@@H](N)CC2. The average Bonchev–Trinajstić information content (AvgIpc) is 2.52. The Hall–Kier alpha value is -1.13. The molecule has 0 unspecified atom stereocenters. The summed E-state index contributed by atoms with van der Waals surface area (Å²) < 4.78 is 8.05. The van der Waals surface area contributed by atoms with Gasteiger partial charge in [-0.25, -0.2) is 0 Å². The molecule has 122 valence electrons. The van der Waals surface area contributed by atoms with Gasteiger partial charge in [-0.2, -0.15) is 0 Å². The number of ether oxygens (including phenoxy) is 1. The third-order valence-electron chi connectivity index (χ3n) is 5.42. The molecule has 0 bridgehead atoms. The highest BCUT2D eigenvalue weighted by Gasteiger charge is 2.29. The number of hydrogen-bond donors (Lipinski definition) is 1. The molecule has 1 saturated carbocycles. The van der Waals surface area contributed by atoms with Crippen LogP contribution in [0.25, 0.3) is 0 Å². The molecule has 1 aliphatic carbocycles. The van der Waals surface area contributed by atoms with Crippen LogP contribution in [0.15, 0.2) is 16.9 Å². The molecule has 4 nitrogen and oxygen atoms in total. The van der Waals surface area contributed by atoms with E-state index in [4.69, 9.17) is 10.5 Å². The van der Waals surface area contributed by atoms with Crippen molar-refractivity contribution in [3.05, 3.63) is 33.7 Å². The van der Waals surface area contributed by atoms with Crippen LogP contribution in [0.3, 0.4) is 0 Å². The number of hydrogen-bond acceptors (Lipinski definition) is 3. The van der Waals surface area contributed by atoms with E-state index in [0.29, 0.717) is 12.7 Å². The number of aromatic nitrogens is 1. The van der Waals surface area contributed by atoms with Crippen molar-refractivity contribution in [1.82, 2.24) is 4.57 Å². The smallest absolute Gasteiger partial charge is 0.254 e. The summed E-state index contributed by atoms with van der Waals surface area (Å²) in [7, 11) is 0. The summed E-state index contributed by atoms with van der Waals surface area (Å²) in [5, 5.41) is 0. The molecular formula is C18H28N2O2. The Balaban J connectivity index is 1.74. The fraction of sp³-hybridized carbons (Fsp3) is 0.722. The van der Waals surface area contributed by atoms with E-state index in [1.165, 1.54) is 12.8 Å². The van der Waals surface area contributed by atoms with Crippen LogP contribution in [-0.4, -0.2) is 23.3 Å². The lowest BCUT2D eigenvalue weighted by Gasteiger charge is -2.35. The second kappa shape index (κ2) is 6.55. The van der Waals surface area contributed by atoms with Gasteiger partial charge in [-0.3, -0.25) is 4.79 Å². The number of rotatable bonds is 3. The fourth-order valence-electron chi connectivity index (χ4n) is 3.79. The molecule has 0 saturated heterocycles. The van der Waals surface area contributed by atoms with E-state index in [2.05, 4.69) is 13.0 Å². The minimum atomic E-state index is -0.0181. The van der Waals surface area contributed by atoms with Gasteiger partial charge in [-0.1, -0.05) is 13.0 Å². The largest absolute Gasteiger partial charge is 0.376 e. The van der Waals surface area contributed by atoms with Crippen molar-refractivity contribution in [1.29, 1.82) is 0 Å². The number of nitrogens with two attached hydrogens (primary N) is 1. The number of aryl methyl sites for hydroxylation is 2. The molecule has 0 spiro atoms. The van der Waals surface area contributed by atoms with Crippen LogP contribution in [-0.2, 0) is 11.2 Å². The number of pyridine rings is 1. The van der Waals surface area contributed by atoms with Gasteiger partial charge in [0.05, 0.1) is 18.8 Å². The van der Waals surface area contributed by atoms with Crippen molar-refractivity contribution >= 4 is 0 Å². The molecule has 2 heterocycles. The zero-order chi connectivity index (χ0) is 15.7. The lowest BCUT2D eigenvalue weighted by atomic mass is 9.89. The van der Waals surface area contributed by atoms with Crippen LogP contribution >= 0.6 is 0 Å². The summed E-state index contributed by atoms with van der Waals surface area (Å²) >= 11 is 0. The molecule has 0 amide bonds. The second-order valence-corrected chi connectivity index (χ2v) is 7.17. The molecule has 4 heteroatoms. The summed E-state index contributed by atoms with van der Waals surface area (Å²) in [5.41, 5.74) is 8.29. The molecule has 1 aromatic heterocycles. The molecule has 2 aliphatic rings. The van der Waals surface area contributed by atoms with Crippen molar-refractivity contribution in [2.45, 2.75) is 70.6 Å². The van der Waals surface area contributed by atoms with Gasteiger partial charge in [-0.05, 0) is 57.4 Å². The number of nitrogens with zero attached hydrogens (tertiary/aromatic N) is 1. The normalized spacial score (nSPS) is 31.8. The first-order valence-electron chi connectivity index (χ1n) is 8.64. The predicted molar refractivity (Wildman–Crippen MR) is 88.1 cm³/mol. The maximum atomic E-state index is 12.5. The Morgan fingerprint density at radius 2 is 1.95 bits per heavy atom. The summed E-state index contributed by atoms with van der Waals surface area (Å²) in [6.07, 6.45) is 6.92. The third kappa shape index (κ3) is 3.13. The lowest BCUT2D eigenvalue weighted by molar-refractivity contribution is -0.00432. The van der Waals surface area contributed by atoms with Gasteiger partial charge in [0.15, 0.2) is 0 Å². The molecule has 3 rings (SSSR count). The summed E-state index contributed by atoms with van der Waals surface area (Å²) in [4.78, 5) is 12.5. The number of fused-ring (bicyclic) bond motifs is 1. The van der Waals surface area contributed by atoms with E-state index in [0.717, 1.165) is 42.9 Å². The first-order chi connectivity index (χ1) is 10.6. The van der Waals surface area contributed by atoms with Crippen molar-refractivity contribution in [2.24, 2.45) is 11.7 Å². The second-order valence-electron chi connectivity index (χ2n) is 7.17. The Morgan fingerprint density at radius 3 is 2.68 bits per heavy atom. The highest BCUT2D eigenvalue weighted by molar-refractivity contribution is 5.18. The fourth-order valence-corrected chi connectivity index (χ4v) is 3.79. The molecule has 2 N–H and O–H groups in total. The first kappa shape index (κ1) is 15.8. The van der Waals surface area contributed by atoms with Crippen molar-refractivity contribution in [2.75, 3.05) is 6.61 Å². The molecule has 2 atom stereocenters. The summed E-state index contributed by atoms with van der Waals surface area (Å²) in [5.74, 6) is 0.822. The minimum absolute atomic E-state index is 0.00881. The molecule has 0 aromatic carbocycles. The van der Waals surface area contributed by atoms with E-state index < -0.39 is 0 Å². The Labute approximate surface area is 132 Å². The Morgan fingerprint density at radius 1 is 1.23 bits per heavy atom. The Kier molecular flexibility index (Phi) is 4.69. The van der Waals surface area contributed by atoms with E-state index >= 15 is 0 Å². The highest BCUT2D eigenvalue weighted by atomic mass is 16.5. The van der Waals surface area contributed by atoms with Crippen molar-refractivity contribution < 1.29 is 4.74 Å². The van der Waals surface area contributed by atoms with Gasteiger partial charge in [0.25, 0.3) is 5.56 Å². The van der Waals surface area contributed by atoms with Crippen LogP contribution in [0.4, 0.5) is 0 Å². The van der Waals surface area contributed by atoms with E-state index in [9.17, 15) is 4.79 Å². The third-order valence-corrected chi connectivity index (χ3v) is 5.42. The standard InChI is InChI=1S/C18H28N2O2/c1-12-3-8-15(9-4-12)22-11-17-16(19)10-7-14-6-5-13(2)18(21)20(14)17/h5-6,12,15-17H,3-4,7-11,19H2,1-2H3/t12?,15?,16-,17-/m0/s1. The van der Waals surface area contributed by atoms with Crippen molar-refractivity contribution in [3.63, 3.8) is 0 Å². The highest BCUT2D eigenvalue weighted by Crippen LogP contribution is 2.28. The average molecular weight is 304 g/mol. The van der Waals surface area contributed by atoms with Gasteiger partial charge >= 0.3 is 0 Å². The monoisotopic (exact) mass is 304 g/mol. The molecular weight excluding hydrogens is 276 g/mol. The summed E-state index contributed by atoms with van der Waals surface area (Å²) in [6, 6.07) is 3.98. The van der Waals surface area contributed by atoms with E-state index in [1.54, 1.807) is 0 Å². The van der Waals surface area contributed by atoms with Gasteiger partial charge in [0.1, 0.15) is 0 Å². The molecule has 22 heavy (non-hydrogen) atoms. The van der Waals surface area contributed by atoms with Crippen LogP contribution in [0.2, 0.25) is 0 Å². The summed E-state index contributed by atoms with van der Waals surface area (Å²) in [6.45, 7) is 4.75. The van der Waals surface area contributed by atoms with Crippen LogP contribution < -0.4 is 11.3 Å². The van der Waals surface area contributed by atoms with E-state index in [1.807, 2.05) is 17.6 Å². The molecule has 0 radical (unpaired) electrons. The molecule has 1 fully saturated rings.